The van der Waals surface area contributed by atoms with Gasteiger partial charge in [-0.05, 0) is 25.1 Å². The number of carbonyl (C=O) groups is 2. The maximum absolute atomic E-state index is 13.0. The van der Waals surface area contributed by atoms with Crippen LogP contribution in [0.4, 0.5) is 14.5 Å². The summed E-state index contributed by atoms with van der Waals surface area (Å²) in [6.07, 6.45) is 2.80. The van der Waals surface area contributed by atoms with Gasteiger partial charge in [0.05, 0.1) is 30.6 Å². The number of alkyl halides is 2. The molecule has 33 heavy (non-hydrogen) atoms. The van der Waals surface area contributed by atoms with E-state index >= 15 is 0 Å². The number of nitrogens with one attached hydrogen (secondary N) is 4. The number of H-pyrrole nitrogens is 1. The highest BCUT2D eigenvalue weighted by atomic mass is 35.5. The van der Waals surface area contributed by atoms with E-state index in [2.05, 4.69) is 25.6 Å². The normalized spacial score (nSPS) is 15.6. The average molecular weight is 476 g/mol. The zero-order chi connectivity index (χ0) is 23.9. The number of hydrogen-bond donors (Lipinski definition) is 4. The van der Waals surface area contributed by atoms with Crippen molar-refractivity contribution in [3.8, 4) is 0 Å². The number of nitrogens with zero attached hydrogens (tertiary/aromatic N) is 3. The maximum Gasteiger partial charge on any atom is 0.282 e. The van der Waals surface area contributed by atoms with Gasteiger partial charge in [-0.3, -0.25) is 15.0 Å². The van der Waals surface area contributed by atoms with Gasteiger partial charge in [0.15, 0.2) is 5.65 Å². The third-order valence-corrected chi connectivity index (χ3v) is 5.51. The molecule has 12 heteroatoms. The van der Waals surface area contributed by atoms with Crippen LogP contribution in [0.25, 0.3) is 11.2 Å². The molecule has 172 valence electrons. The Bertz CT molecular complexity index is 1270. The zero-order valence-electron chi connectivity index (χ0n) is 17.7. The molecular formula is C21H20ClF2N7O2. The molecule has 0 spiro atoms. The molecule has 4 N–H and O–H groups in total. The second kappa shape index (κ2) is 8.39. The monoisotopic (exact) mass is 475 g/mol. The first kappa shape index (κ1) is 22.6. The van der Waals surface area contributed by atoms with E-state index in [0.717, 1.165) is 4.90 Å². The van der Waals surface area contributed by atoms with Crippen LogP contribution >= 0.6 is 11.6 Å². The van der Waals surface area contributed by atoms with E-state index in [0.29, 0.717) is 21.9 Å². The van der Waals surface area contributed by atoms with E-state index in [4.69, 9.17) is 17.0 Å². The van der Waals surface area contributed by atoms with Gasteiger partial charge in [0.25, 0.3) is 11.8 Å². The number of anilines is 1. The number of aromatic amines is 1. The van der Waals surface area contributed by atoms with Crippen LogP contribution in [-0.4, -0.2) is 69.5 Å². The smallest absolute Gasteiger partial charge is 0.282 e. The minimum absolute atomic E-state index is 0.0697. The maximum atomic E-state index is 13.0. The second-order valence-corrected chi connectivity index (χ2v) is 8.15. The Morgan fingerprint density at radius 1 is 1.30 bits per heavy atom. The molecule has 1 aliphatic heterocycles. The summed E-state index contributed by atoms with van der Waals surface area (Å²) in [6.45, 7) is 0.114. The Labute approximate surface area is 192 Å². The molecule has 4 rings (SSSR count). The van der Waals surface area contributed by atoms with Crippen LogP contribution in [0.5, 0.6) is 0 Å². The molecule has 3 aromatic rings. The quantitative estimate of drug-likeness (QED) is 0.408. The lowest BCUT2D eigenvalue weighted by Gasteiger charge is -2.39. The number of amides is 2. The molecule has 2 aromatic heterocycles. The number of carbonyl (C=O) groups excluding carboxylic acids is 2. The Hall–Kier alpha value is -3.60. The predicted molar refractivity (Wildman–Crippen MR) is 119 cm³/mol. The van der Waals surface area contributed by atoms with E-state index in [1.807, 2.05) is 0 Å². The molecule has 0 radical (unpaired) electrons. The lowest BCUT2D eigenvalue weighted by atomic mass is 10.1. The highest BCUT2D eigenvalue weighted by Crippen LogP contribution is 2.27. The van der Waals surface area contributed by atoms with E-state index in [9.17, 15) is 18.4 Å². The standard InChI is InChI=1S/C21H20ClF2N7O2/c1-10(20(33)31-8-21(23,24)9-31)29-19(32)13-6-27-18-17(13)30-15(7-28-18)16(25)12-4-3-11(22)5-14(12)26-2/h3-7,10,25-26H,8-9H2,1-2H3,(H,27,28)(H,29,32)/t10-/m1/s1. The first-order valence-electron chi connectivity index (χ1n) is 9.98. The summed E-state index contributed by atoms with van der Waals surface area (Å²) in [5.74, 6) is -4.09. The molecule has 0 aliphatic carbocycles. The largest absolute Gasteiger partial charge is 0.388 e. The first-order chi connectivity index (χ1) is 15.6. The molecule has 2 amide bonds. The molecule has 1 fully saturated rings. The van der Waals surface area contributed by atoms with Crippen LogP contribution < -0.4 is 10.6 Å². The summed E-state index contributed by atoms with van der Waals surface area (Å²) in [5.41, 5.74) is 2.12. The van der Waals surface area contributed by atoms with Crippen molar-refractivity contribution in [2.24, 2.45) is 0 Å². The fourth-order valence-corrected chi connectivity index (χ4v) is 3.71. The van der Waals surface area contributed by atoms with Crippen LogP contribution in [0.1, 0.15) is 28.5 Å². The summed E-state index contributed by atoms with van der Waals surface area (Å²) < 4.78 is 26.1. The lowest BCUT2D eigenvalue weighted by molar-refractivity contribution is -0.167. The van der Waals surface area contributed by atoms with Gasteiger partial charge in [-0.1, -0.05) is 11.6 Å². The molecule has 0 unspecified atom stereocenters. The van der Waals surface area contributed by atoms with Gasteiger partial charge >= 0.3 is 0 Å². The number of halogens is 3. The van der Waals surface area contributed by atoms with Crippen LogP contribution in [-0.2, 0) is 4.79 Å². The fourth-order valence-electron chi connectivity index (χ4n) is 3.54. The number of fused-ring (bicyclic) bond motifs is 1. The SMILES string of the molecule is CNc1cc(Cl)ccc1C(=N)c1cnc2[nH]cc(C(=O)N[C@H](C)C(=O)N3CC(F)(F)C3)c2n1. The van der Waals surface area contributed by atoms with Crippen molar-refractivity contribution in [2.45, 2.75) is 18.9 Å². The lowest BCUT2D eigenvalue weighted by Crippen LogP contribution is -2.62. The molecule has 0 bridgehead atoms. The molecule has 3 heterocycles. The number of likely N-dealkylation sites (tertiary alicyclic amines) is 1. The van der Waals surface area contributed by atoms with Gasteiger partial charge in [-0.25, -0.2) is 18.7 Å². The Morgan fingerprint density at radius 2 is 2.03 bits per heavy atom. The predicted octanol–water partition coefficient (Wildman–Crippen LogP) is 2.66. The summed E-state index contributed by atoms with van der Waals surface area (Å²) in [4.78, 5) is 37.5. The van der Waals surface area contributed by atoms with Crippen LogP contribution in [0.15, 0.2) is 30.6 Å². The van der Waals surface area contributed by atoms with Gasteiger partial charge in [-0.2, -0.15) is 0 Å². The highest BCUT2D eigenvalue weighted by molar-refractivity contribution is 6.31. The Kier molecular flexibility index (Phi) is 5.75. The molecule has 1 atom stereocenters. The minimum atomic E-state index is -2.88. The third kappa shape index (κ3) is 4.36. The van der Waals surface area contributed by atoms with E-state index in [1.54, 1.807) is 25.2 Å². The zero-order valence-corrected chi connectivity index (χ0v) is 18.4. The summed E-state index contributed by atoms with van der Waals surface area (Å²) in [5, 5.41) is 14.6. The molecular weight excluding hydrogens is 456 g/mol. The van der Waals surface area contributed by atoms with Gasteiger partial charge < -0.3 is 20.5 Å². The van der Waals surface area contributed by atoms with Crippen molar-refractivity contribution in [3.63, 3.8) is 0 Å². The van der Waals surface area contributed by atoms with Crippen molar-refractivity contribution in [3.05, 3.63) is 52.4 Å². The third-order valence-electron chi connectivity index (χ3n) is 5.28. The first-order valence-corrected chi connectivity index (χ1v) is 10.4. The Balaban J connectivity index is 1.56. The summed E-state index contributed by atoms with van der Waals surface area (Å²) in [6, 6.07) is 4.01. The van der Waals surface area contributed by atoms with Crippen LogP contribution in [0, 0.1) is 5.41 Å². The molecule has 9 nitrogen and oxygen atoms in total. The Morgan fingerprint density at radius 3 is 2.70 bits per heavy atom. The molecule has 0 saturated carbocycles. The van der Waals surface area contributed by atoms with Crippen LogP contribution in [0.3, 0.4) is 0 Å². The van der Waals surface area contributed by atoms with Crippen molar-refractivity contribution >= 4 is 46.0 Å². The van der Waals surface area contributed by atoms with Gasteiger partial charge in [-0.15, -0.1) is 0 Å². The van der Waals surface area contributed by atoms with Crippen molar-refractivity contribution in [1.82, 2.24) is 25.2 Å². The number of aromatic nitrogens is 3. The summed E-state index contributed by atoms with van der Waals surface area (Å²) >= 11 is 6.02. The van der Waals surface area contributed by atoms with Gasteiger partial charge in [0, 0.05) is 29.5 Å². The van der Waals surface area contributed by atoms with Crippen molar-refractivity contribution in [1.29, 1.82) is 5.41 Å². The minimum Gasteiger partial charge on any atom is -0.388 e. The van der Waals surface area contributed by atoms with E-state index < -0.39 is 36.9 Å². The topological polar surface area (TPSA) is 127 Å². The average Bonchev–Trinajstić information content (AvgIpc) is 3.19. The highest BCUT2D eigenvalue weighted by Gasteiger charge is 2.47. The van der Waals surface area contributed by atoms with Crippen molar-refractivity contribution in [2.75, 3.05) is 25.5 Å². The van der Waals surface area contributed by atoms with E-state index in [-0.39, 0.29) is 22.5 Å². The van der Waals surface area contributed by atoms with Gasteiger partial charge in [0.2, 0.25) is 5.91 Å². The van der Waals surface area contributed by atoms with Gasteiger partial charge in [0.1, 0.15) is 17.3 Å². The number of benzene rings is 1. The van der Waals surface area contributed by atoms with Crippen molar-refractivity contribution < 1.29 is 18.4 Å². The molecule has 1 saturated heterocycles. The summed E-state index contributed by atoms with van der Waals surface area (Å²) in [7, 11) is 1.70. The fraction of sp³-hybridized carbons (Fsp3) is 0.286. The number of hydrogen-bond acceptors (Lipinski definition) is 6. The van der Waals surface area contributed by atoms with Crippen LogP contribution in [0.2, 0.25) is 5.02 Å². The number of rotatable bonds is 6. The molecule has 1 aliphatic rings. The molecule has 1 aromatic carbocycles. The second-order valence-electron chi connectivity index (χ2n) is 7.72. The van der Waals surface area contributed by atoms with E-state index in [1.165, 1.54) is 19.3 Å².